The van der Waals surface area contributed by atoms with Crippen LogP contribution in [0.2, 0.25) is 0 Å². The molecule has 0 aliphatic rings. The van der Waals surface area contributed by atoms with Gasteiger partial charge in [-0.1, -0.05) is 18.2 Å². The molecule has 8 nitrogen and oxygen atoms in total. The molecule has 0 radical (unpaired) electrons. The van der Waals surface area contributed by atoms with E-state index in [4.69, 9.17) is 14.5 Å². The molecule has 9 heteroatoms. The van der Waals surface area contributed by atoms with Crippen LogP contribution in [0.5, 0.6) is 11.5 Å². The third-order valence-corrected chi connectivity index (χ3v) is 4.11. The summed E-state index contributed by atoms with van der Waals surface area (Å²) in [6.45, 7) is 5.80. The van der Waals surface area contributed by atoms with Crippen molar-refractivity contribution >= 4 is 35.6 Å². The molecule has 2 aromatic carbocycles. The first-order valence-electron chi connectivity index (χ1n) is 9.54. The van der Waals surface area contributed by atoms with E-state index >= 15 is 0 Å². The van der Waals surface area contributed by atoms with Crippen LogP contribution in [-0.4, -0.2) is 41.4 Å². The highest BCUT2D eigenvalue weighted by Gasteiger charge is 2.07. The van der Waals surface area contributed by atoms with Gasteiger partial charge >= 0.3 is 0 Å². The van der Waals surface area contributed by atoms with Crippen molar-refractivity contribution in [1.29, 1.82) is 0 Å². The number of rotatable bonds is 8. The molecule has 3 aromatic rings. The van der Waals surface area contributed by atoms with Crippen LogP contribution >= 0.6 is 24.0 Å². The molecule has 30 heavy (non-hydrogen) atoms. The summed E-state index contributed by atoms with van der Waals surface area (Å²) in [5.74, 6) is 2.81. The van der Waals surface area contributed by atoms with Gasteiger partial charge in [-0.05, 0) is 37.6 Å². The minimum atomic E-state index is 0. The van der Waals surface area contributed by atoms with E-state index in [0.29, 0.717) is 30.6 Å². The summed E-state index contributed by atoms with van der Waals surface area (Å²) >= 11 is 0. The number of methoxy groups -OCH3 is 1. The predicted molar refractivity (Wildman–Crippen MR) is 130 cm³/mol. The number of aromatic amines is 1. The minimum absolute atomic E-state index is 0. The van der Waals surface area contributed by atoms with Crippen molar-refractivity contribution in [3.8, 4) is 22.9 Å². The standard InChI is InChI=1S/C21H26N6O2.HI/c1-4-22-21(26-17-9-10-18(28-3)19(12-17)29-5-2)23-13-15-7-6-8-16(11-15)20-24-14-25-27-20;/h6-12,14H,4-5,13H2,1-3H3,(H2,22,23,26)(H,24,25,27);1H. The average molecular weight is 522 g/mol. The van der Waals surface area contributed by atoms with Crippen LogP contribution in [0.1, 0.15) is 19.4 Å². The fourth-order valence-corrected chi connectivity index (χ4v) is 2.80. The van der Waals surface area contributed by atoms with Gasteiger partial charge < -0.3 is 20.1 Å². The van der Waals surface area contributed by atoms with E-state index in [0.717, 1.165) is 29.2 Å². The zero-order valence-electron chi connectivity index (χ0n) is 17.3. The van der Waals surface area contributed by atoms with Gasteiger partial charge in [-0.15, -0.1) is 24.0 Å². The lowest BCUT2D eigenvalue weighted by Gasteiger charge is -2.14. The predicted octanol–water partition coefficient (Wildman–Crippen LogP) is 4.07. The van der Waals surface area contributed by atoms with E-state index in [1.807, 2.05) is 56.3 Å². The van der Waals surface area contributed by atoms with Crippen molar-refractivity contribution in [2.75, 3.05) is 25.6 Å². The molecule has 0 aliphatic carbocycles. The molecule has 0 amide bonds. The van der Waals surface area contributed by atoms with E-state index < -0.39 is 0 Å². The number of hydrogen-bond donors (Lipinski definition) is 3. The molecule has 0 aliphatic heterocycles. The maximum Gasteiger partial charge on any atom is 0.196 e. The Kier molecular flexibility index (Phi) is 9.39. The molecular formula is C21H27IN6O2. The number of halogens is 1. The minimum Gasteiger partial charge on any atom is -0.493 e. The molecule has 1 aromatic heterocycles. The van der Waals surface area contributed by atoms with E-state index in [9.17, 15) is 0 Å². The van der Waals surface area contributed by atoms with E-state index in [1.165, 1.54) is 6.33 Å². The first-order valence-corrected chi connectivity index (χ1v) is 9.54. The number of aliphatic imine (C=N–C) groups is 1. The third-order valence-electron chi connectivity index (χ3n) is 4.11. The maximum atomic E-state index is 5.65. The highest BCUT2D eigenvalue weighted by Crippen LogP contribution is 2.30. The first-order chi connectivity index (χ1) is 14.2. The number of hydrogen-bond acceptors (Lipinski definition) is 5. The second-order valence-corrected chi connectivity index (χ2v) is 6.15. The average Bonchev–Trinajstić information content (AvgIpc) is 3.28. The SMILES string of the molecule is CCNC(=NCc1cccc(-c2ncn[nH]2)c1)Nc1ccc(OC)c(OCC)c1.I. The molecule has 3 N–H and O–H groups in total. The van der Waals surface area contributed by atoms with Gasteiger partial charge in [0.2, 0.25) is 0 Å². The smallest absolute Gasteiger partial charge is 0.196 e. The zero-order chi connectivity index (χ0) is 20.5. The molecule has 0 spiro atoms. The van der Waals surface area contributed by atoms with Crippen molar-refractivity contribution in [3.05, 3.63) is 54.4 Å². The van der Waals surface area contributed by atoms with Crippen LogP contribution in [0.15, 0.2) is 53.8 Å². The number of H-pyrrole nitrogens is 1. The van der Waals surface area contributed by atoms with Gasteiger partial charge in [0.15, 0.2) is 23.3 Å². The third kappa shape index (κ3) is 6.34. The van der Waals surface area contributed by atoms with Crippen molar-refractivity contribution in [1.82, 2.24) is 20.5 Å². The molecule has 0 fully saturated rings. The van der Waals surface area contributed by atoms with Crippen LogP contribution in [0, 0.1) is 0 Å². The van der Waals surface area contributed by atoms with Crippen molar-refractivity contribution in [3.63, 3.8) is 0 Å². The van der Waals surface area contributed by atoms with Crippen molar-refractivity contribution in [2.45, 2.75) is 20.4 Å². The van der Waals surface area contributed by atoms with E-state index in [2.05, 4.69) is 25.8 Å². The first kappa shape index (κ1) is 23.5. The Morgan fingerprint density at radius 3 is 2.70 bits per heavy atom. The summed E-state index contributed by atoms with van der Waals surface area (Å²) in [7, 11) is 1.63. The second kappa shape index (κ2) is 12.0. The number of nitrogens with zero attached hydrogens (tertiary/aromatic N) is 3. The Labute approximate surface area is 193 Å². The molecular weight excluding hydrogens is 495 g/mol. The lowest BCUT2D eigenvalue weighted by Crippen LogP contribution is -2.30. The molecule has 3 rings (SSSR count). The molecule has 0 unspecified atom stereocenters. The van der Waals surface area contributed by atoms with Gasteiger partial charge in [0.25, 0.3) is 0 Å². The van der Waals surface area contributed by atoms with Crippen LogP contribution in [-0.2, 0) is 6.54 Å². The summed E-state index contributed by atoms with van der Waals surface area (Å²) in [4.78, 5) is 8.89. The fourth-order valence-electron chi connectivity index (χ4n) is 2.80. The fraction of sp³-hybridized carbons (Fsp3) is 0.286. The number of guanidine groups is 1. The van der Waals surface area contributed by atoms with Gasteiger partial charge in [0, 0.05) is 23.9 Å². The van der Waals surface area contributed by atoms with Crippen LogP contribution < -0.4 is 20.1 Å². The van der Waals surface area contributed by atoms with Crippen LogP contribution in [0.4, 0.5) is 5.69 Å². The second-order valence-electron chi connectivity index (χ2n) is 6.15. The van der Waals surface area contributed by atoms with E-state index in [-0.39, 0.29) is 24.0 Å². The summed E-state index contributed by atoms with van der Waals surface area (Å²) < 4.78 is 11.0. The van der Waals surface area contributed by atoms with Gasteiger partial charge in [-0.3, -0.25) is 5.10 Å². The molecule has 0 bridgehead atoms. The lowest BCUT2D eigenvalue weighted by molar-refractivity contribution is 0.311. The highest BCUT2D eigenvalue weighted by molar-refractivity contribution is 14.0. The number of benzene rings is 2. The molecule has 0 atom stereocenters. The Morgan fingerprint density at radius 1 is 1.13 bits per heavy atom. The normalized spacial score (nSPS) is 10.8. The summed E-state index contributed by atoms with van der Waals surface area (Å²) in [6, 6.07) is 13.8. The monoisotopic (exact) mass is 522 g/mol. The molecule has 0 saturated carbocycles. The molecule has 0 saturated heterocycles. The number of aromatic nitrogens is 3. The van der Waals surface area contributed by atoms with Crippen LogP contribution in [0.3, 0.4) is 0 Å². The van der Waals surface area contributed by atoms with Gasteiger partial charge in [0.05, 0.1) is 20.3 Å². The Morgan fingerprint density at radius 2 is 2.00 bits per heavy atom. The quantitative estimate of drug-likeness (QED) is 0.235. The number of nitrogens with one attached hydrogen (secondary N) is 3. The van der Waals surface area contributed by atoms with Gasteiger partial charge in [-0.25, -0.2) is 9.98 Å². The lowest BCUT2D eigenvalue weighted by atomic mass is 10.1. The summed E-state index contributed by atoms with van der Waals surface area (Å²) in [5, 5.41) is 13.4. The zero-order valence-corrected chi connectivity index (χ0v) is 19.6. The Balaban J connectivity index is 0.00000320. The summed E-state index contributed by atoms with van der Waals surface area (Å²) in [6.07, 6.45) is 1.50. The largest absolute Gasteiger partial charge is 0.493 e. The topological polar surface area (TPSA) is 96.5 Å². The Bertz CT molecular complexity index is 946. The maximum absolute atomic E-state index is 5.65. The van der Waals surface area contributed by atoms with Crippen LogP contribution in [0.25, 0.3) is 11.4 Å². The van der Waals surface area contributed by atoms with Gasteiger partial charge in [-0.2, -0.15) is 5.10 Å². The van der Waals surface area contributed by atoms with Gasteiger partial charge in [0.1, 0.15) is 6.33 Å². The molecule has 1 heterocycles. The number of anilines is 1. The van der Waals surface area contributed by atoms with Crippen molar-refractivity contribution < 1.29 is 9.47 Å². The Hall–Kier alpha value is -2.82. The van der Waals surface area contributed by atoms with Crippen molar-refractivity contribution in [2.24, 2.45) is 4.99 Å². The number of ether oxygens (including phenoxy) is 2. The van der Waals surface area contributed by atoms with E-state index in [1.54, 1.807) is 7.11 Å². The highest BCUT2D eigenvalue weighted by atomic mass is 127. The summed E-state index contributed by atoms with van der Waals surface area (Å²) in [5.41, 5.74) is 2.91. The molecule has 160 valence electrons.